The van der Waals surface area contributed by atoms with Crippen LogP contribution >= 0.6 is 23.2 Å². The Morgan fingerprint density at radius 3 is 2.52 bits per heavy atom. The van der Waals surface area contributed by atoms with E-state index >= 15 is 0 Å². The summed E-state index contributed by atoms with van der Waals surface area (Å²) >= 11 is 12.2. The molecule has 0 atom stereocenters. The minimum absolute atomic E-state index is 0.0582. The summed E-state index contributed by atoms with van der Waals surface area (Å²) in [5, 5.41) is 5.44. The maximum Gasteiger partial charge on any atom is 0.257 e. The molecule has 0 aliphatic carbocycles. The Labute approximate surface area is 158 Å². The summed E-state index contributed by atoms with van der Waals surface area (Å²) in [6.45, 7) is 5.39. The molecule has 3 rings (SSSR count). The first-order chi connectivity index (χ1) is 12.0. The van der Waals surface area contributed by atoms with Gasteiger partial charge in [-0.05, 0) is 31.7 Å². The van der Waals surface area contributed by atoms with Gasteiger partial charge in [-0.3, -0.25) is 4.79 Å². The van der Waals surface area contributed by atoms with Gasteiger partial charge in [0.05, 0.1) is 33.2 Å². The van der Waals surface area contributed by atoms with E-state index < -0.39 is 0 Å². The quantitative estimate of drug-likeness (QED) is 0.814. The lowest BCUT2D eigenvalue weighted by molar-refractivity contribution is 0.0663. The molecule has 1 fully saturated rings. The minimum Gasteiger partial charge on any atom is -0.336 e. The first-order valence-electron chi connectivity index (χ1n) is 8.51. The number of carbonyl (C=O) groups excluding carboxylic acids is 1. The van der Waals surface area contributed by atoms with Crippen LogP contribution in [0.1, 0.15) is 29.4 Å². The number of piperazine rings is 1. The van der Waals surface area contributed by atoms with Crippen LogP contribution in [0.2, 0.25) is 10.0 Å². The van der Waals surface area contributed by atoms with E-state index in [1.807, 2.05) is 11.0 Å². The predicted octanol–water partition coefficient (Wildman–Crippen LogP) is 3.52. The van der Waals surface area contributed by atoms with Crippen molar-refractivity contribution in [3.05, 3.63) is 45.7 Å². The lowest BCUT2D eigenvalue weighted by Crippen LogP contribution is -2.47. The van der Waals surface area contributed by atoms with E-state index in [0.717, 1.165) is 50.4 Å². The summed E-state index contributed by atoms with van der Waals surface area (Å²) in [5.74, 6) is 0.0582. The summed E-state index contributed by atoms with van der Waals surface area (Å²) in [4.78, 5) is 17.1. The molecular weight excluding hydrogens is 359 g/mol. The zero-order valence-electron chi connectivity index (χ0n) is 14.5. The molecule has 0 unspecified atom stereocenters. The Morgan fingerprint density at radius 2 is 1.88 bits per heavy atom. The molecule has 1 saturated heterocycles. The van der Waals surface area contributed by atoms with Gasteiger partial charge in [0.1, 0.15) is 0 Å². The molecule has 1 aromatic heterocycles. The molecule has 0 bridgehead atoms. The molecule has 2 heterocycles. The summed E-state index contributed by atoms with van der Waals surface area (Å²) in [7, 11) is 2.08. The normalized spacial score (nSPS) is 15.6. The van der Waals surface area contributed by atoms with E-state index in [1.165, 1.54) is 0 Å². The van der Waals surface area contributed by atoms with E-state index in [4.69, 9.17) is 23.2 Å². The second-order valence-electron chi connectivity index (χ2n) is 6.36. The number of hydrogen-bond donors (Lipinski definition) is 0. The molecule has 25 heavy (non-hydrogen) atoms. The minimum atomic E-state index is 0.0582. The second kappa shape index (κ2) is 7.77. The van der Waals surface area contributed by atoms with Crippen LogP contribution in [0.5, 0.6) is 0 Å². The third-order valence-electron chi connectivity index (χ3n) is 4.52. The average molecular weight is 381 g/mol. The summed E-state index contributed by atoms with van der Waals surface area (Å²) in [6.07, 6.45) is 3.37. The number of benzene rings is 1. The third-order valence-corrected chi connectivity index (χ3v) is 5.26. The molecule has 5 nitrogen and oxygen atoms in total. The Balaban J connectivity index is 1.94. The maximum atomic E-state index is 13.0. The van der Waals surface area contributed by atoms with E-state index in [-0.39, 0.29) is 5.91 Å². The third kappa shape index (κ3) is 3.84. The molecule has 1 amide bonds. The number of amides is 1. The molecule has 2 aromatic rings. The van der Waals surface area contributed by atoms with Gasteiger partial charge in [-0.15, -0.1) is 0 Å². The van der Waals surface area contributed by atoms with Crippen molar-refractivity contribution in [1.82, 2.24) is 19.6 Å². The number of halogens is 2. The molecular formula is C18H22Cl2N4O. The fourth-order valence-electron chi connectivity index (χ4n) is 3.05. The van der Waals surface area contributed by atoms with Gasteiger partial charge in [-0.25, -0.2) is 4.68 Å². The smallest absolute Gasteiger partial charge is 0.257 e. The van der Waals surface area contributed by atoms with Crippen molar-refractivity contribution in [2.75, 3.05) is 33.2 Å². The maximum absolute atomic E-state index is 13.0. The zero-order chi connectivity index (χ0) is 18.0. The Hall–Kier alpha value is -1.56. The number of hydrogen-bond acceptors (Lipinski definition) is 3. The van der Waals surface area contributed by atoms with Gasteiger partial charge in [0.2, 0.25) is 0 Å². The molecule has 7 heteroatoms. The number of nitrogens with zero attached hydrogens (tertiary/aromatic N) is 4. The van der Waals surface area contributed by atoms with Crippen LogP contribution in [0.25, 0.3) is 5.69 Å². The number of rotatable bonds is 4. The van der Waals surface area contributed by atoms with Crippen LogP contribution < -0.4 is 0 Å². The standard InChI is InChI=1S/C18H22Cl2N4O/c1-3-4-17-14(18(25)23-9-7-22(2)8-10-23)12-21-24(17)13-5-6-15(19)16(20)11-13/h5-6,11-12H,3-4,7-10H2,1-2H3. The number of carbonyl (C=O) groups is 1. The van der Waals surface area contributed by atoms with Crippen LogP contribution in [0.3, 0.4) is 0 Å². The predicted molar refractivity (Wildman–Crippen MR) is 101 cm³/mol. The fraction of sp³-hybridized carbons (Fsp3) is 0.444. The number of likely N-dealkylation sites (N-methyl/N-ethyl adjacent to an activating group) is 1. The van der Waals surface area contributed by atoms with Gasteiger partial charge in [0.15, 0.2) is 0 Å². The van der Waals surface area contributed by atoms with E-state index in [1.54, 1.807) is 23.0 Å². The van der Waals surface area contributed by atoms with Crippen LogP contribution in [-0.4, -0.2) is 58.7 Å². The molecule has 1 aliphatic rings. The van der Waals surface area contributed by atoms with Gasteiger partial charge in [0.25, 0.3) is 5.91 Å². The molecule has 0 N–H and O–H groups in total. The van der Waals surface area contributed by atoms with Crippen LogP contribution in [-0.2, 0) is 6.42 Å². The lowest BCUT2D eigenvalue weighted by Gasteiger charge is -2.32. The SMILES string of the molecule is CCCc1c(C(=O)N2CCN(C)CC2)cnn1-c1ccc(Cl)c(Cl)c1. The monoisotopic (exact) mass is 380 g/mol. The molecule has 134 valence electrons. The van der Waals surface area contributed by atoms with Crippen molar-refractivity contribution in [3.8, 4) is 5.69 Å². The van der Waals surface area contributed by atoms with Crippen molar-refractivity contribution >= 4 is 29.1 Å². The Bertz CT molecular complexity index is 766. The topological polar surface area (TPSA) is 41.4 Å². The molecule has 1 aliphatic heterocycles. The van der Waals surface area contributed by atoms with Crippen LogP contribution in [0, 0.1) is 0 Å². The van der Waals surface area contributed by atoms with Crippen LogP contribution in [0.15, 0.2) is 24.4 Å². The fourth-order valence-corrected chi connectivity index (χ4v) is 3.34. The highest BCUT2D eigenvalue weighted by Gasteiger charge is 2.25. The van der Waals surface area contributed by atoms with Crippen LogP contribution in [0.4, 0.5) is 0 Å². The zero-order valence-corrected chi connectivity index (χ0v) is 16.0. The van der Waals surface area contributed by atoms with Crippen molar-refractivity contribution in [2.24, 2.45) is 0 Å². The van der Waals surface area contributed by atoms with Crippen molar-refractivity contribution in [2.45, 2.75) is 19.8 Å². The first kappa shape index (κ1) is 18.2. The van der Waals surface area contributed by atoms with E-state index in [2.05, 4.69) is 24.0 Å². The largest absolute Gasteiger partial charge is 0.336 e. The van der Waals surface area contributed by atoms with Gasteiger partial charge >= 0.3 is 0 Å². The van der Waals surface area contributed by atoms with Gasteiger partial charge in [-0.1, -0.05) is 36.5 Å². The molecule has 0 radical (unpaired) electrons. The first-order valence-corrected chi connectivity index (χ1v) is 9.27. The highest BCUT2D eigenvalue weighted by Crippen LogP contribution is 2.26. The summed E-state index contributed by atoms with van der Waals surface area (Å²) < 4.78 is 1.80. The summed E-state index contributed by atoms with van der Waals surface area (Å²) in [5.41, 5.74) is 2.41. The van der Waals surface area contributed by atoms with Gasteiger partial charge in [-0.2, -0.15) is 5.10 Å². The van der Waals surface area contributed by atoms with Crippen molar-refractivity contribution < 1.29 is 4.79 Å². The highest BCUT2D eigenvalue weighted by molar-refractivity contribution is 6.42. The summed E-state index contributed by atoms with van der Waals surface area (Å²) in [6, 6.07) is 5.39. The van der Waals surface area contributed by atoms with Crippen molar-refractivity contribution in [1.29, 1.82) is 0 Å². The highest BCUT2D eigenvalue weighted by atomic mass is 35.5. The Morgan fingerprint density at radius 1 is 1.16 bits per heavy atom. The van der Waals surface area contributed by atoms with E-state index in [9.17, 15) is 4.79 Å². The van der Waals surface area contributed by atoms with Crippen molar-refractivity contribution in [3.63, 3.8) is 0 Å². The van der Waals surface area contributed by atoms with E-state index in [0.29, 0.717) is 15.6 Å². The molecule has 0 spiro atoms. The molecule has 0 saturated carbocycles. The lowest BCUT2D eigenvalue weighted by atomic mass is 10.1. The number of aromatic nitrogens is 2. The van der Waals surface area contributed by atoms with Gasteiger partial charge in [0, 0.05) is 26.2 Å². The van der Waals surface area contributed by atoms with Gasteiger partial charge < -0.3 is 9.80 Å². The Kier molecular flexibility index (Phi) is 5.67. The molecule has 1 aromatic carbocycles. The average Bonchev–Trinajstić information content (AvgIpc) is 3.01. The second-order valence-corrected chi connectivity index (χ2v) is 7.18.